The predicted molar refractivity (Wildman–Crippen MR) is 160 cm³/mol. The number of halogens is 2. The van der Waals surface area contributed by atoms with Gasteiger partial charge in [-0.05, 0) is 74.7 Å². The van der Waals surface area contributed by atoms with E-state index >= 15 is 0 Å². The molecule has 3 aromatic carbocycles. The number of benzene rings is 3. The van der Waals surface area contributed by atoms with Crippen LogP contribution in [0.2, 0.25) is 10.0 Å². The third-order valence-corrected chi connectivity index (χ3v) is 9.18. The highest BCUT2D eigenvalue weighted by molar-refractivity contribution is 6.35. The highest BCUT2D eigenvalue weighted by Gasteiger charge is 2.31. The Morgan fingerprint density at radius 1 is 1.02 bits per heavy atom. The van der Waals surface area contributed by atoms with Crippen molar-refractivity contribution in [2.75, 3.05) is 26.3 Å². The number of fused-ring (bicyclic) bond motifs is 2. The monoisotopic (exact) mass is 607 g/mol. The Labute approximate surface area is 253 Å². The normalized spacial score (nSPS) is 20.9. The summed E-state index contributed by atoms with van der Waals surface area (Å²) in [5.74, 6) is 1.91. The lowest BCUT2D eigenvalue weighted by molar-refractivity contribution is -0.0592. The minimum absolute atomic E-state index is 0.137. The van der Waals surface area contributed by atoms with Crippen LogP contribution in [0.15, 0.2) is 54.6 Å². The second kappa shape index (κ2) is 11.4. The summed E-state index contributed by atoms with van der Waals surface area (Å²) in [4.78, 5) is 19.0. The molecule has 0 amide bonds. The third-order valence-electron chi connectivity index (χ3n) is 8.62. The van der Waals surface area contributed by atoms with Crippen molar-refractivity contribution < 1.29 is 24.1 Å². The number of hydrogen-bond donors (Lipinski definition) is 1. The van der Waals surface area contributed by atoms with E-state index in [-0.39, 0.29) is 17.8 Å². The van der Waals surface area contributed by atoms with Crippen LogP contribution in [-0.4, -0.2) is 57.9 Å². The van der Waals surface area contributed by atoms with Crippen LogP contribution in [0.3, 0.4) is 0 Å². The first-order valence-electron chi connectivity index (χ1n) is 14.4. The highest BCUT2D eigenvalue weighted by Crippen LogP contribution is 2.45. The van der Waals surface area contributed by atoms with Gasteiger partial charge in [-0.1, -0.05) is 41.4 Å². The molecule has 0 radical (unpaired) electrons. The van der Waals surface area contributed by atoms with Crippen molar-refractivity contribution >= 4 is 40.2 Å². The van der Waals surface area contributed by atoms with Gasteiger partial charge in [0.05, 0.1) is 35.8 Å². The molecule has 3 aliphatic heterocycles. The molecule has 7 rings (SSSR count). The number of carboxylic acids is 1. The minimum atomic E-state index is -0.937. The summed E-state index contributed by atoms with van der Waals surface area (Å²) in [5.41, 5.74) is 3.95. The van der Waals surface area contributed by atoms with Gasteiger partial charge in [0.1, 0.15) is 12.4 Å². The Kier molecular flexibility index (Phi) is 7.48. The van der Waals surface area contributed by atoms with Crippen LogP contribution in [0.25, 0.3) is 11.0 Å². The van der Waals surface area contributed by atoms with Crippen LogP contribution in [0.4, 0.5) is 0 Å². The number of aromatic nitrogens is 2. The molecule has 10 heteroatoms. The smallest absolute Gasteiger partial charge is 0.335 e. The summed E-state index contributed by atoms with van der Waals surface area (Å²) in [5, 5.41) is 10.7. The van der Waals surface area contributed by atoms with E-state index in [1.54, 1.807) is 24.3 Å². The summed E-state index contributed by atoms with van der Waals surface area (Å²) in [7, 11) is 0. The van der Waals surface area contributed by atoms with E-state index in [4.69, 9.17) is 42.4 Å². The lowest BCUT2D eigenvalue weighted by Crippen LogP contribution is -2.35. The number of rotatable bonds is 7. The standard InChI is InChI=1S/C32H31Cl2N3O5/c33-21-5-6-24(25(34)15-21)29-18-41-28-3-1-2-23(31(28)42-29)19-8-11-36(12-9-19)17-30-35-26-7-4-20(32(38)39)14-27(26)37(30)16-22-10-13-40-22/h1-7,14-15,19,22,29H,8-13,16-18H2,(H,38,39)/t22-,29-/m0/s1. The molecule has 0 aliphatic carbocycles. The maximum atomic E-state index is 11.6. The summed E-state index contributed by atoms with van der Waals surface area (Å²) in [6, 6.07) is 16.7. The minimum Gasteiger partial charge on any atom is -0.485 e. The molecule has 0 saturated carbocycles. The van der Waals surface area contributed by atoms with Gasteiger partial charge in [0.15, 0.2) is 17.6 Å². The Morgan fingerprint density at radius 3 is 2.60 bits per heavy atom. The van der Waals surface area contributed by atoms with Crippen molar-refractivity contribution in [3.05, 3.63) is 87.2 Å². The molecule has 4 heterocycles. The van der Waals surface area contributed by atoms with E-state index in [2.05, 4.69) is 15.5 Å². The summed E-state index contributed by atoms with van der Waals surface area (Å²) >= 11 is 12.6. The molecule has 2 saturated heterocycles. The SMILES string of the molecule is O=C(O)c1ccc2nc(CN3CCC(c4cccc5c4O[C@H](c4ccc(Cl)cc4Cl)CO5)CC3)n(C[C@@H]3CCO3)c2c1. The highest BCUT2D eigenvalue weighted by atomic mass is 35.5. The molecule has 1 aromatic heterocycles. The van der Waals surface area contributed by atoms with Gasteiger partial charge in [0, 0.05) is 27.8 Å². The molecule has 0 spiro atoms. The third kappa shape index (κ3) is 5.33. The number of hydrogen-bond acceptors (Lipinski definition) is 6. The first kappa shape index (κ1) is 27.5. The molecule has 42 heavy (non-hydrogen) atoms. The molecule has 3 aliphatic rings. The van der Waals surface area contributed by atoms with Crippen molar-refractivity contribution in [2.24, 2.45) is 0 Å². The number of para-hydroxylation sites is 1. The lowest BCUT2D eigenvalue weighted by Gasteiger charge is -2.35. The van der Waals surface area contributed by atoms with Gasteiger partial charge in [-0.2, -0.15) is 0 Å². The van der Waals surface area contributed by atoms with E-state index < -0.39 is 5.97 Å². The second-order valence-electron chi connectivity index (χ2n) is 11.2. The lowest BCUT2D eigenvalue weighted by atomic mass is 9.88. The first-order chi connectivity index (χ1) is 20.4. The van der Waals surface area contributed by atoms with Crippen LogP contribution in [0.1, 0.15) is 58.6 Å². The summed E-state index contributed by atoms with van der Waals surface area (Å²) in [6.45, 7) is 4.34. The summed E-state index contributed by atoms with van der Waals surface area (Å²) in [6.07, 6.45) is 2.78. The number of ether oxygens (including phenoxy) is 3. The van der Waals surface area contributed by atoms with Gasteiger partial charge in [-0.15, -0.1) is 0 Å². The van der Waals surface area contributed by atoms with Crippen LogP contribution in [0.5, 0.6) is 11.5 Å². The Balaban J connectivity index is 1.07. The molecule has 1 N–H and O–H groups in total. The number of carbonyl (C=O) groups is 1. The molecular formula is C32H31Cl2N3O5. The van der Waals surface area contributed by atoms with E-state index in [1.165, 1.54) is 0 Å². The Morgan fingerprint density at radius 2 is 1.86 bits per heavy atom. The molecule has 0 bridgehead atoms. The predicted octanol–water partition coefficient (Wildman–Crippen LogP) is 6.72. The zero-order valence-corrected chi connectivity index (χ0v) is 24.5. The van der Waals surface area contributed by atoms with Crippen LogP contribution in [-0.2, 0) is 17.8 Å². The van der Waals surface area contributed by atoms with Gasteiger partial charge in [-0.3, -0.25) is 4.90 Å². The van der Waals surface area contributed by atoms with Gasteiger partial charge >= 0.3 is 5.97 Å². The summed E-state index contributed by atoms with van der Waals surface area (Å²) < 4.78 is 20.5. The number of imidazole rings is 1. The van der Waals surface area contributed by atoms with Crippen molar-refractivity contribution in [1.82, 2.24) is 14.5 Å². The Bertz CT molecular complexity index is 1640. The maximum absolute atomic E-state index is 11.6. The fourth-order valence-electron chi connectivity index (χ4n) is 6.22. The van der Waals surface area contributed by atoms with Crippen molar-refractivity contribution in [3.8, 4) is 11.5 Å². The number of piperidine rings is 1. The van der Waals surface area contributed by atoms with Crippen molar-refractivity contribution in [1.29, 1.82) is 0 Å². The molecule has 2 atom stereocenters. The second-order valence-corrected chi connectivity index (χ2v) is 12.1. The quantitative estimate of drug-likeness (QED) is 0.249. The fourth-order valence-corrected chi connectivity index (χ4v) is 6.75. The van der Waals surface area contributed by atoms with E-state index in [0.29, 0.717) is 35.7 Å². The van der Waals surface area contributed by atoms with Gasteiger partial charge in [-0.25, -0.2) is 9.78 Å². The first-order valence-corrected chi connectivity index (χ1v) is 15.1. The number of nitrogens with zero attached hydrogens (tertiary/aromatic N) is 3. The molecule has 8 nitrogen and oxygen atoms in total. The van der Waals surface area contributed by atoms with Gasteiger partial charge in [0.2, 0.25) is 0 Å². The zero-order chi connectivity index (χ0) is 28.8. The van der Waals surface area contributed by atoms with Crippen LogP contribution < -0.4 is 9.47 Å². The molecule has 0 unspecified atom stereocenters. The number of aromatic carboxylic acids is 1. The topological polar surface area (TPSA) is 86.0 Å². The zero-order valence-electron chi connectivity index (χ0n) is 23.0. The van der Waals surface area contributed by atoms with Crippen LogP contribution >= 0.6 is 23.2 Å². The van der Waals surface area contributed by atoms with Gasteiger partial charge in [0.25, 0.3) is 0 Å². The molecular weight excluding hydrogens is 577 g/mol. The largest absolute Gasteiger partial charge is 0.485 e. The Hall–Kier alpha value is -3.30. The van der Waals surface area contributed by atoms with E-state index in [0.717, 1.165) is 78.4 Å². The number of carboxylic acid groups (broad SMARTS) is 1. The molecule has 2 fully saturated rings. The average molecular weight is 609 g/mol. The fraction of sp³-hybridized carbons (Fsp3) is 0.375. The molecule has 4 aromatic rings. The maximum Gasteiger partial charge on any atom is 0.335 e. The van der Waals surface area contributed by atoms with Crippen molar-refractivity contribution in [3.63, 3.8) is 0 Å². The average Bonchev–Trinajstić information content (AvgIpc) is 3.30. The van der Waals surface area contributed by atoms with Crippen LogP contribution in [0, 0.1) is 0 Å². The van der Waals surface area contributed by atoms with E-state index in [1.807, 2.05) is 24.3 Å². The molecule has 218 valence electrons. The number of likely N-dealkylation sites (tertiary alicyclic amines) is 1. The van der Waals surface area contributed by atoms with E-state index in [9.17, 15) is 9.90 Å². The van der Waals surface area contributed by atoms with Gasteiger partial charge < -0.3 is 23.9 Å². The van der Waals surface area contributed by atoms with Crippen molar-refractivity contribution in [2.45, 2.75) is 50.5 Å².